The zero-order valence-electron chi connectivity index (χ0n) is 22.5. The first-order chi connectivity index (χ1) is 17.4. The van der Waals surface area contributed by atoms with Crippen LogP contribution in [0.5, 0.6) is 0 Å². The Bertz CT molecular complexity index is 600. The molecule has 4 aliphatic rings. The summed E-state index contributed by atoms with van der Waals surface area (Å²) >= 11 is 2.11. The Morgan fingerprint density at radius 1 is 0.472 bits per heavy atom. The molecule has 0 atom stereocenters. The number of rotatable bonds is 6. The molecular weight excluding hydrogens is 545 g/mol. The summed E-state index contributed by atoms with van der Waals surface area (Å²) in [5, 5.41) is 9.43. The first-order valence-electron chi connectivity index (χ1n) is 14.6. The Kier molecular flexibility index (Phi) is 16.9. The topological polar surface area (TPSA) is 34.1 Å². The average Bonchev–Trinajstić information content (AvgIpc) is 3.42. The molecule has 1 aromatic rings. The second-order valence-corrected chi connectivity index (χ2v) is 17.4. The van der Waals surface area contributed by atoms with Gasteiger partial charge in [-0.3, -0.25) is 0 Å². The van der Waals surface area contributed by atoms with Gasteiger partial charge in [-0.2, -0.15) is 11.3 Å². The molecule has 0 bridgehead atoms. The molecule has 208 valence electrons. The van der Waals surface area contributed by atoms with Gasteiger partial charge >= 0.3 is 0 Å². The van der Waals surface area contributed by atoms with E-state index in [2.05, 4.69) is 22.1 Å². The van der Waals surface area contributed by atoms with E-state index < -0.39 is 0 Å². The SMILES string of the molecule is C=O.C=O.[Ni].c1scc(P(C2CCCCC2)C2CCCCC2)c1P(C1CCCCC1)C1CCCCC1. The van der Waals surface area contributed by atoms with Crippen molar-refractivity contribution in [2.45, 2.75) is 151 Å². The summed E-state index contributed by atoms with van der Waals surface area (Å²) in [7, 11) is 0.152. The first kappa shape index (κ1) is 32.6. The Labute approximate surface area is 238 Å². The van der Waals surface area contributed by atoms with Gasteiger partial charge in [0.15, 0.2) is 0 Å². The molecule has 6 heteroatoms. The summed E-state index contributed by atoms with van der Waals surface area (Å²) in [6, 6.07) is 0. The fourth-order valence-electron chi connectivity index (χ4n) is 7.49. The van der Waals surface area contributed by atoms with Crippen LogP contribution in [0.25, 0.3) is 0 Å². The number of carbonyl (C=O) groups excluding carboxylic acids is 2. The van der Waals surface area contributed by atoms with Gasteiger partial charge in [0.25, 0.3) is 0 Å². The van der Waals surface area contributed by atoms with E-state index in [0.717, 1.165) is 22.6 Å². The fraction of sp³-hybridized carbons (Fsp3) is 0.800. The minimum atomic E-state index is 0. The van der Waals surface area contributed by atoms with Crippen molar-refractivity contribution in [1.82, 2.24) is 0 Å². The van der Waals surface area contributed by atoms with Crippen LogP contribution in [0, 0.1) is 0 Å². The Morgan fingerprint density at radius 3 is 0.917 bits per heavy atom. The van der Waals surface area contributed by atoms with Crippen molar-refractivity contribution in [3.63, 3.8) is 0 Å². The van der Waals surface area contributed by atoms with Crippen molar-refractivity contribution < 1.29 is 26.1 Å². The number of thiophene rings is 1. The van der Waals surface area contributed by atoms with Crippen LogP contribution in [0.3, 0.4) is 0 Å². The first-order valence-corrected chi connectivity index (χ1v) is 18.5. The molecule has 0 N–H and O–H groups in total. The van der Waals surface area contributed by atoms with Gasteiger partial charge in [-0.15, -0.1) is 0 Å². The van der Waals surface area contributed by atoms with Crippen LogP contribution >= 0.6 is 27.2 Å². The van der Waals surface area contributed by atoms with Crippen LogP contribution in [0.2, 0.25) is 0 Å². The van der Waals surface area contributed by atoms with Gasteiger partial charge in [0.05, 0.1) is 0 Å². The monoisotopic (exact) mass is 594 g/mol. The van der Waals surface area contributed by atoms with E-state index in [9.17, 15) is 0 Å². The van der Waals surface area contributed by atoms with Crippen LogP contribution in [0.4, 0.5) is 0 Å². The summed E-state index contributed by atoms with van der Waals surface area (Å²) < 4.78 is 0. The van der Waals surface area contributed by atoms with Crippen LogP contribution in [-0.4, -0.2) is 36.2 Å². The standard InChI is InChI=1S/C28H46P2S.2CH2O.Ni/c1-5-13-23(14-6-1)29(24-15-7-2-8-16-24)27-21-31-22-28(27)30(25-17-9-3-10-18-25)26-19-11-4-12-20-26;2*1-2;/h21-26H,1-20H2;2*1H2;. The second kappa shape index (κ2) is 18.6. The maximum Gasteiger partial charge on any atom is 0.106 e. The van der Waals surface area contributed by atoms with Crippen LogP contribution in [-0.2, 0) is 26.1 Å². The third kappa shape index (κ3) is 8.70. The molecule has 2 nitrogen and oxygen atoms in total. The van der Waals surface area contributed by atoms with E-state index in [1.165, 1.54) is 77.0 Å². The van der Waals surface area contributed by atoms with E-state index in [1.807, 2.05) is 24.2 Å². The fourth-order valence-corrected chi connectivity index (χ4v) is 17.4. The molecule has 0 spiro atoms. The Balaban J connectivity index is 0.000000871. The van der Waals surface area contributed by atoms with Gasteiger partial charge in [-0.05, 0) is 95.4 Å². The number of carbonyl (C=O) groups is 2. The maximum atomic E-state index is 8.00. The van der Waals surface area contributed by atoms with E-state index in [4.69, 9.17) is 9.59 Å². The summed E-state index contributed by atoms with van der Waals surface area (Å²) in [4.78, 5) is 16.0. The Morgan fingerprint density at radius 2 is 0.694 bits per heavy atom. The van der Waals surface area contributed by atoms with Crippen molar-refractivity contribution >= 4 is 51.4 Å². The molecule has 4 aliphatic carbocycles. The summed E-state index contributed by atoms with van der Waals surface area (Å²) in [6.45, 7) is 4.00. The average molecular weight is 595 g/mol. The molecular formula is C30H50NiO2P2S. The molecule has 36 heavy (non-hydrogen) atoms. The molecule has 0 aromatic carbocycles. The molecule has 1 aromatic heterocycles. The van der Waals surface area contributed by atoms with E-state index in [1.54, 1.807) is 51.4 Å². The van der Waals surface area contributed by atoms with E-state index in [0.29, 0.717) is 0 Å². The van der Waals surface area contributed by atoms with Gasteiger partial charge in [-0.25, -0.2) is 0 Å². The zero-order chi connectivity index (χ0) is 24.9. The molecule has 0 aliphatic heterocycles. The van der Waals surface area contributed by atoms with E-state index in [-0.39, 0.29) is 32.3 Å². The van der Waals surface area contributed by atoms with Gasteiger partial charge in [-0.1, -0.05) is 92.9 Å². The predicted octanol–water partition coefficient (Wildman–Crippen LogP) is 8.92. The molecule has 0 amide bonds. The van der Waals surface area contributed by atoms with Gasteiger partial charge in [0.1, 0.15) is 13.6 Å². The second-order valence-electron chi connectivity index (χ2n) is 11.1. The van der Waals surface area contributed by atoms with Gasteiger partial charge in [0.2, 0.25) is 0 Å². The maximum absolute atomic E-state index is 8.00. The van der Waals surface area contributed by atoms with Crippen molar-refractivity contribution in [3.05, 3.63) is 10.8 Å². The minimum Gasteiger partial charge on any atom is -0.307 e. The summed E-state index contributed by atoms with van der Waals surface area (Å²) in [5.41, 5.74) is 4.26. The van der Waals surface area contributed by atoms with Crippen molar-refractivity contribution in [3.8, 4) is 0 Å². The Hall–Kier alpha value is 0.394. The minimum absolute atomic E-state index is 0. The molecule has 0 radical (unpaired) electrons. The van der Waals surface area contributed by atoms with E-state index >= 15 is 0 Å². The summed E-state index contributed by atoms with van der Waals surface area (Å²) in [6.07, 6.45) is 30.7. The smallest absolute Gasteiger partial charge is 0.106 e. The molecule has 4 saturated carbocycles. The predicted molar refractivity (Wildman–Crippen MR) is 159 cm³/mol. The number of hydrogen-bond donors (Lipinski definition) is 0. The van der Waals surface area contributed by atoms with Gasteiger partial charge in [0, 0.05) is 16.5 Å². The third-order valence-electron chi connectivity index (χ3n) is 9.05. The normalized spacial score (nSPS) is 22.7. The quantitative estimate of drug-likeness (QED) is 0.243. The number of hydrogen-bond acceptors (Lipinski definition) is 3. The van der Waals surface area contributed by atoms with Gasteiger partial charge < -0.3 is 9.59 Å². The molecule has 1 heterocycles. The van der Waals surface area contributed by atoms with Crippen molar-refractivity contribution in [2.24, 2.45) is 0 Å². The largest absolute Gasteiger partial charge is 0.307 e. The summed E-state index contributed by atoms with van der Waals surface area (Å²) in [5.74, 6) is 0. The zero-order valence-corrected chi connectivity index (χ0v) is 26.0. The van der Waals surface area contributed by atoms with Crippen molar-refractivity contribution in [2.75, 3.05) is 0 Å². The van der Waals surface area contributed by atoms with Crippen molar-refractivity contribution in [1.29, 1.82) is 0 Å². The van der Waals surface area contributed by atoms with Crippen LogP contribution in [0.1, 0.15) is 128 Å². The van der Waals surface area contributed by atoms with Crippen LogP contribution < -0.4 is 10.6 Å². The molecule has 4 fully saturated rings. The third-order valence-corrected chi connectivity index (χ3v) is 17.4. The van der Waals surface area contributed by atoms with Crippen LogP contribution in [0.15, 0.2) is 10.8 Å². The molecule has 0 unspecified atom stereocenters. The molecule has 5 rings (SSSR count). The molecule has 0 saturated heterocycles.